The van der Waals surface area contributed by atoms with Crippen molar-refractivity contribution in [3.63, 3.8) is 0 Å². The Morgan fingerprint density at radius 1 is 0.978 bits per heavy atom. The van der Waals surface area contributed by atoms with Crippen molar-refractivity contribution in [3.05, 3.63) is 112 Å². The third kappa shape index (κ3) is 5.49. The number of nitrogens with one attached hydrogen (secondary N) is 1. The van der Waals surface area contributed by atoms with Gasteiger partial charge in [0.2, 0.25) is 10.0 Å². The third-order valence-electron chi connectivity index (χ3n) is 7.77. The van der Waals surface area contributed by atoms with E-state index in [9.17, 15) is 26.8 Å². The fraction of sp³-hybridized carbons (Fsp3) is 0.152. The van der Waals surface area contributed by atoms with Crippen molar-refractivity contribution >= 4 is 43.5 Å². The van der Waals surface area contributed by atoms with Crippen LogP contribution in [0.1, 0.15) is 21.9 Å². The average molecular weight is 644 g/mol. The molecule has 3 aromatic carbocycles. The van der Waals surface area contributed by atoms with E-state index >= 15 is 0 Å². The van der Waals surface area contributed by atoms with Crippen molar-refractivity contribution in [1.29, 1.82) is 0 Å². The third-order valence-corrected chi connectivity index (χ3v) is 8.96. The first-order valence-electron chi connectivity index (χ1n) is 14.0. The number of sulfonamides is 1. The summed E-state index contributed by atoms with van der Waals surface area (Å²) in [5, 5.41) is 3.24. The van der Waals surface area contributed by atoms with Gasteiger partial charge in [-0.15, -0.1) is 0 Å². The summed E-state index contributed by atoms with van der Waals surface area (Å²) in [7, 11) is -0.926. The van der Waals surface area contributed by atoms with Crippen LogP contribution in [0.3, 0.4) is 0 Å². The van der Waals surface area contributed by atoms with Crippen LogP contribution < -0.4 is 15.2 Å². The van der Waals surface area contributed by atoms with E-state index < -0.39 is 27.6 Å². The van der Waals surface area contributed by atoms with Crippen LogP contribution in [0.25, 0.3) is 44.3 Å². The number of nitrogens with zero attached hydrogens (tertiary/aromatic N) is 4. The quantitative estimate of drug-likeness (QED) is 0.251. The van der Waals surface area contributed by atoms with Gasteiger partial charge >= 0.3 is 0 Å². The lowest BCUT2D eigenvalue weighted by molar-refractivity contribution is 0.0964. The number of pyridine rings is 1. The summed E-state index contributed by atoms with van der Waals surface area (Å²) < 4.78 is 61.3. The maximum atomic E-state index is 13.8. The largest absolute Gasteiger partial charge is 0.455 e. The molecule has 0 aliphatic carbocycles. The lowest BCUT2D eigenvalue weighted by atomic mass is 9.97. The zero-order valence-corrected chi connectivity index (χ0v) is 25.9. The Balaban J connectivity index is 1.60. The minimum absolute atomic E-state index is 0.0583. The number of aromatic nitrogens is 3. The molecule has 6 rings (SSSR count). The zero-order chi connectivity index (χ0) is 32.9. The van der Waals surface area contributed by atoms with Gasteiger partial charge in [0.05, 0.1) is 46.8 Å². The minimum Gasteiger partial charge on any atom is -0.455 e. The summed E-state index contributed by atoms with van der Waals surface area (Å²) in [6.45, 7) is 1.74. The maximum Gasteiger partial charge on any atom is 0.261 e. The molecule has 0 aliphatic rings. The molecular formula is C33H27F2N5O5S. The summed E-state index contributed by atoms with van der Waals surface area (Å²) in [4.78, 5) is 35.6. The fourth-order valence-electron chi connectivity index (χ4n) is 5.31. The molecule has 0 unspecified atom stereocenters. The van der Waals surface area contributed by atoms with E-state index in [0.717, 1.165) is 16.8 Å². The molecule has 0 bridgehead atoms. The van der Waals surface area contributed by atoms with Gasteiger partial charge in [-0.25, -0.2) is 22.2 Å². The van der Waals surface area contributed by atoms with Gasteiger partial charge in [-0.3, -0.25) is 23.4 Å². The summed E-state index contributed by atoms with van der Waals surface area (Å²) in [6, 6.07) is 16.3. The lowest BCUT2D eigenvalue weighted by Crippen LogP contribution is -2.25. The lowest BCUT2D eigenvalue weighted by Gasteiger charge is -2.21. The van der Waals surface area contributed by atoms with E-state index in [1.165, 1.54) is 61.1 Å². The van der Waals surface area contributed by atoms with E-state index in [2.05, 4.69) is 15.3 Å². The second kappa shape index (κ2) is 11.5. The van der Waals surface area contributed by atoms with Gasteiger partial charge in [-0.2, -0.15) is 0 Å². The van der Waals surface area contributed by atoms with Crippen LogP contribution in [0.5, 0.6) is 0 Å². The van der Waals surface area contributed by atoms with Crippen molar-refractivity contribution in [3.8, 4) is 22.5 Å². The topological polar surface area (TPSA) is 127 Å². The number of hydrogen-bond acceptors (Lipinski definition) is 7. The molecule has 0 spiro atoms. The smallest absolute Gasteiger partial charge is 0.261 e. The predicted octanol–water partition coefficient (Wildman–Crippen LogP) is 5.26. The average Bonchev–Trinajstić information content (AvgIpc) is 3.41. The molecular weight excluding hydrogens is 616 g/mol. The van der Waals surface area contributed by atoms with Gasteiger partial charge < -0.3 is 9.73 Å². The molecule has 0 saturated heterocycles. The highest BCUT2D eigenvalue weighted by molar-refractivity contribution is 7.92. The number of anilines is 1. The molecule has 10 nitrogen and oxygen atoms in total. The summed E-state index contributed by atoms with van der Waals surface area (Å²) in [5.41, 5.74) is 2.44. The van der Waals surface area contributed by atoms with Gasteiger partial charge in [0.15, 0.2) is 0 Å². The van der Waals surface area contributed by atoms with Gasteiger partial charge in [0.25, 0.3) is 11.5 Å². The normalized spacial score (nSPS) is 11.7. The van der Waals surface area contributed by atoms with Crippen LogP contribution in [-0.4, -0.2) is 49.2 Å². The molecule has 0 saturated carbocycles. The second-order valence-electron chi connectivity index (χ2n) is 10.7. The van der Waals surface area contributed by atoms with Crippen molar-refractivity contribution in [2.24, 2.45) is 0 Å². The molecule has 234 valence electrons. The van der Waals surface area contributed by atoms with Gasteiger partial charge in [0.1, 0.15) is 28.8 Å². The molecule has 1 amide bonds. The van der Waals surface area contributed by atoms with E-state index in [1.54, 1.807) is 31.2 Å². The summed E-state index contributed by atoms with van der Waals surface area (Å²) in [6.07, 6.45) is 2.13. The van der Waals surface area contributed by atoms with Crippen molar-refractivity contribution in [2.45, 2.75) is 13.5 Å². The van der Waals surface area contributed by atoms with Crippen molar-refractivity contribution in [1.82, 2.24) is 19.9 Å². The van der Waals surface area contributed by atoms with Gasteiger partial charge in [-0.1, -0.05) is 6.07 Å². The van der Waals surface area contributed by atoms with Gasteiger partial charge in [-0.05, 0) is 67.1 Å². The molecule has 3 aromatic heterocycles. The monoisotopic (exact) mass is 643 g/mol. The first-order valence-corrected chi connectivity index (χ1v) is 15.8. The number of amides is 1. The van der Waals surface area contributed by atoms with Crippen LogP contribution in [-0.2, 0) is 16.6 Å². The van der Waals surface area contributed by atoms with Crippen LogP contribution in [0.15, 0.2) is 82.1 Å². The van der Waals surface area contributed by atoms with Gasteiger partial charge in [0, 0.05) is 36.7 Å². The number of rotatable bonds is 7. The molecule has 46 heavy (non-hydrogen) atoms. The van der Waals surface area contributed by atoms with Crippen molar-refractivity contribution < 1.29 is 26.4 Å². The number of benzene rings is 3. The highest BCUT2D eigenvalue weighted by atomic mass is 32.2. The summed E-state index contributed by atoms with van der Waals surface area (Å²) in [5.74, 6) is -0.825. The highest BCUT2D eigenvalue weighted by Crippen LogP contribution is 2.41. The molecule has 6 aromatic rings. The Hall–Kier alpha value is -5.43. The van der Waals surface area contributed by atoms with E-state index in [1.807, 2.05) is 0 Å². The fourth-order valence-corrected chi connectivity index (χ4v) is 5.81. The molecule has 0 fully saturated rings. The van der Waals surface area contributed by atoms with Crippen molar-refractivity contribution in [2.75, 3.05) is 24.7 Å². The van der Waals surface area contributed by atoms with E-state index in [-0.39, 0.29) is 40.1 Å². The predicted molar refractivity (Wildman–Crippen MR) is 171 cm³/mol. The van der Waals surface area contributed by atoms with Crippen LogP contribution in [0.2, 0.25) is 0 Å². The Labute approximate surface area is 262 Å². The molecule has 3 heterocycles. The first-order chi connectivity index (χ1) is 21.8. The summed E-state index contributed by atoms with van der Waals surface area (Å²) >= 11 is 0. The van der Waals surface area contributed by atoms with Crippen LogP contribution in [0.4, 0.5) is 14.5 Å². The first kappa shape index (κ1) is 30.6. The van der Waals surface area contributed by atoms with Crippen LogP contribution >= 0.6 is 0 Å². The Morgan fingerprint density at radius 2 is 1.67 bits per heavy atom. The van der Waals surface area contributed by atoms with Crippen LogP contribution in [0, 0.1) is 18.6 Å². The molecule has 1 N–H and O–H groups in total. The number of carbonyl (C=O) groups excluding carboxylic acids is 1. The minimum atomic E-state index is -3.78. The Kier molecular flexibility index (Phi) is 7.64. The number of hydrogen-bond donors (Lipinski definition) is 1. The highest BCUT2D eigenvalue weighted by Gasteiger charge is 2.26. The molecule has 13 heteroatoms. The number of aryl methyl sites for hydroxylation is 1. The van der Waals surface area contributed by atoms with E-state index in [4.69, 9.17) is 4.42 Å². The number of halogens is 2. The number of fused-ring (bicyclic) bond motifs is 2. The number of furan rings is 1. The second-order valence-corrected chi connectivity index (χ2v) is 12.8. The zero-order valence-electron chi connectivity index (χ0n) is 25.1. The van der Waals surface area contributed by atoms with E-state index in [0.29, 0.717) is 39.1 Å². The Morgan fingerprint density at radius 3 is 2.33 bits per heavy atom. The maximum absolute atomic E-state index is 13.8. The number of carbonyl (C=O) groups is 1. The molecule has 0 radical (unpaired) electrons. The molecule has 0 aliphatic heterocycles. The molecule has 0 atom stereocenters. The standard InChI is InChI=1S/C33H27F2N5O5S/c1-18-38-27-12-7-20(13-25(27)33(42)40(18)17-23-11-10-22(35)16-37-23)24-14-26-29(15-28(24)39(3)46(4,43)44)45-31(30(26)32(41)36-2)19-5-8-21(34)9-6-19/h5-16H,17H2,1-4H3,(H,36,41). The SMILES string of the molecule is CNC(=O)c1c(-c2ccc(F)cc2)oc2cc(N(C)S(C)(=O)=O)c(-c3ccc4nc(C)n(Cc5ccc(F)cn5)c(=O)c4c3)cc12. The Bertz CT molecular complexity index is 2330.